The van der Waals surface area contributed by atoms with Crippen LogP contribution in [0.15, 0.2) is 91.0 Å². The second-order valence-electron chi connectivity index (χ2n) is 6.28. The molecule has 4 nitrogen and oxygen atoms in total. The molecule has 0 saturated carbocycles. The van der Waals surface area contributed by atoms with Crippen LogP contribution in [0.3, 0.4) is 0 Å². The number of hydrogen-bond acceptors (Lipinski definition) is 3. The molecule has 0 fully saturated rings. The van der Waals surface area contributed by atoms with Crippen LogP contribution in [-0.4, -0.2) is 22.5 Å². The van der Waals surface area contributed by atoms with Crippen molar-refractivity contribution in [1.82, 2.24) is 0 Å². The van der Waals surface area contributed by atoms with Gasteiger partial charge in [0, 0.05) is 6.42 Å². The topological polar surface area (TPSA) is 66.8 Å². The van der Waals surface area contributed by atoms with Gasteiger partial charge in [0.15, 0.2) is 6.29 Å². The molecule has 3 rings (SSSR count). The van der Waals surface area contributed by atoms with E-state index in [9.17, 15) is 9.90 Å². The Balaban J connectivity index is 2.15. The fourth-order valence-corrected chi connectivity index (χ4v) is 3.23. The van der Waals surface area contributed by atoms with Crippen LogP contribution in [-0.2, 0) is 15.1 Å². The molecule has 3 aromatic carbocycles. The summed E-state index contributed by atoms with van der Waals surface area (Å²) in [7, 11) is 0. The second kappa shape index (κ2) is 8.62. The lowest BCUT2D eigenvalue weighted by Gasteiger charge is -2.37. The van der Waals surface area contributed by atoms with E-state index >= 15 is 0 Å². The summed E-state index contributed by atoms with van der Waals surface area (Å²) in [5.74, 6) is -0.970. The van der Waals surface area contributed by atoms with E-state index in [-0.39, 0.29) is 12.8 Å². The lowest BCUT2D eigenvalue weighted by atomic mass is 9.80. The van der Waals surface area contributed by atoms with Crippen molar-refractivity contribution in [3.05, 3.63) is 108 Å². The summed E-state index contributed by atoms with van der Waals surface area (Å²) in [6, 6.07) is 29.0. The van der Waals surface area contributed by atoms with Gasteiger partial charge in [0.2, 0.25) is 0 Å². The zero-order valence-electron chi connectivity index (χ0n) is 14.9. The Morgan fingerprint density at radius 3 is 1.48 bits per heavy atom. The number of rotatable bonds is 8. The van der Waals surface area contributed by atoms with Gasteiger partial charge in [-0.1, -0.05) is 91.0 Å². The van der Waals surface area contributed by atoms with Crippen molar-refractivity contribution in [2.45, 2.75) is 24.7 Å². The molecule has 0 radical (unpaired) electrons. The molecule has 2 N–H and O–H groups in total. The molecule has 0 aromatic heterocycles. The third-order valence-electron chi connectivity index (χ3n) is 4.46. The lowest BCUT2D eigenvalue weighted by Crippen LogP contribution is -2.37. The van der Waals surface area contributed by atoms with Crippen molar-refractivity contribution in [3.8, 4) is 0 Å². The Kier molecular flexibility index (Phi) is 6.01. The van der Waals surface area contributed by atoms with Crippen molar-refractivity contribution >= 4 is 5.97 Å². The molecule has 0 aliphatic rings. The van der Waals surface area contributed by atoms with E-state index in [0.29, 0.717) is 0 Å². The Morgan fingerprint density at radius 2 is 1.15 bits per heavy atom. The van der Waals surface area contributed by atoms with Crippen molar-refractivity contribution < 1.29 is 19.7 Å². The lowest BCUT2D eigenvalue weighted by molar-refractivity contribution is -0.167. The molecule has 0 amide bonds. The van der Waals surface area contributed by atoms with E-state index in [1.807, 2.05) is 91.0 Å². The molecule has 0 heterocycles. The van der Waals surface area contributed by atoms with E-state index in [0.717, 1.165) is 16.7 Å². The van der Waals surface area contributed by atoms with Gasteiger partial charge >= 0.3 is 5.97 Å². The molecule has 138 valence electrons. The predicted molar refractivity (Wildman–Crippen MR) is 103 cm³/mol. The van der Waals surface area contributed by atoms with Crippen LogP contribution < -0.4 is 0 Å². The summed E-state index contributed by atoms with van der Waals surface area (Å²) in [6.45, 7) is 0. The number of carbonyl (C=O) groups is 1. The summed E-state index contributed by atoms with van der Waals surface area (Å²) in [5.41, 5.74) is 1.52. The highest BCUT2D eigenvalue weighted by Crippen LogP contribution is 2.41. The molecule has 0 aliphatic carbocycles. The van der Waals surface area contributed by atoms with Crippen LogP contribution in [0.4, 0.5) is 0 Å². The van der Waals surface area contributed by atoms with E-state index in [2.05, 4.69) is 0 Å². The number of hydrogen-bond donors (Lipinski definition) is 2. The van der Waals surface area contributed by atoms with Gasteiger partial charge in [0.25, 0.3) is 0 Å². The number of aliphatic hydroxyl groups excluding tert-OH is 1. The van der Waals surface area contributed by atoms with Gasteiger partial charge in [-0.3, -0.25) is 4.79 Å². The first-order valence-electron chi connectivity index (χ1n) is 8.87. The maximum atomic E-state index is 10.9. The minimum atomic E-state index is -1.23. The number of aliphatic carboxylic acids is 1. The minimum absolute atomic E-state index is 0.00356. The quantitative estimate of drug-likeness (QED) is 0.466. The van der Waals surface area contributed by atoms with Gasteiger partial charge in [-0.2, -0.15) is 0 Å². The molecule has 0 aliphatic heterocycles. The van der Waals surface area contributed by atoms with Gasteiger partial charge in [0.05, 0.1) is 6.42 Å². The van der Waals surface area contributed by atoms with Crippen molar-refractivity contribution in [3.63, 3.8) is 0 Å². The Morgan fingerprint density at radius 1 is 0.778 bits per heavy atom. The molecular weight excluding hydrogens is 340 g/mol. The van der Waals surface area contributed by atoms with E-state index in [1.165, 1.54) is 0 Å². The zero-order chi connectivity index (χ0) is 19.1. The first kappa shape index (κ1) is 18.8. The second-order valence-corrected chi connectivity index (χ2v) is 6.28. The molecule has 27 heavy (non-hydrogen) atoms. The normalized spacial score (nSPS) is 12.5. The smallest absolute Gasteiger partial charge is 0.303 e. The number of benzene rings is 3. The molecule has 1 unspecified atom stereocenters. The summed E-state index contributed by atoms with van der Waals surface area (Å²) < 4.78 is 6.24. The van der Waals surface area contributed by atoms with E-state index in [1.54, 1.807) is 0 Å². The standard InChI is InChI=1S/C23H22O4/c24-21(25)16-17-22(26)27-23(18-10-4-1-5-11-18,19-12-6-2-7-13-19)20-14-8-3-9-15-20/h1-15,22,26H,16-17H2,(H,24,25). The van der Waals surface area contributed by atoms with Gasteiger partial charge in [-0.05, 0) is 16.7 Å². The first-order chi connectivity index (χ1) is 13.1. The Labute approximate surface area is 158 Å². The van der Waals surface area contributed by atoms with Gasteiger partial charge in [0.1, 0.15) is 5.60 Å². The van der Waals surface area contributed by atoms with Crippen LogP contribution in [0.5, 0.6) is 0 Å². The number of ether oxygens (including phenoxy) is 1. The summed E-state index contributed by atoms with van der Waals surface area (Å²) in [5, 5.41) is 19.5. The average molecular weight is 362 g/mol. The van der Waals surface area contributed by atoms with Crippen LogP contribution in [0.1, 0.15) is 29.5 Å². The summed E-state index contributed by atoms with van der Waals surface area (Å²) in [4.78, 5) is 10.9. The highest BCUT2D eigenvalue weighted by Gasteiger charge is 2.39. The van der Waals surface area contributed by atoms with Crippen LogP contribution >= 0.6 is 0 Å². The average Bonchev–Trinajstić information content (AvgIpc) is 2.72. The molecule has 0 saturated heterocycles. The van der Waals surface area contributed by atoms with E-state index < -0.39 is 17.9 Å². The molecule has 0 bridgehead atoms. The largest absolute Gasteiger partial charge is 0.481 e. The zero-order valence-corrected chi connectivity index (χ0v) is 14.9. The predicted octanol–water partition coefficient (Wildman–Crippen LogP) is 4.18. The van der Waals surface area contributed by atoms with E-state index in [4.69, 9.17) is 9.84 Å². The van der Waals surface area contributed by atoms with Crippen LogP contribution in [0, 0.1) is 0 Å². The SMILES string of the molecule is O=C(O)CCC(O)OC(c1ccccc1)(c1ccccc1)c1ccccc1. The van der Waals surface area contributed by atoms with Gasteiger partial charge in [-0.25, -0.2) is 0 Å². The molecular formula is C23H22O4. The number of carboxylic acid groups (broad SMARTS) is 1. The Hall–Kier alpha value is -2.95. The fraction of sp³-hybridized carbons (Fsp3) is 0.174. The van der Waals surface area contributed by atoms with Crippen LogP contribution in [0.25, 0.3) is 0 Å². The highest BCUT2D eigenvalue weighted by molar-refractivity contribution is 5.66. The maximum Gasteiger partial charge on any atom is 0.303 e. The van der Waals surface area contributed by atoms with Gasteiger partial charge in [-0.15, -0.1) is 0 Å². The molecule has 3 aromatic rings. The highest BCUT2D eigenvalue weighted by atomic mass is 16.6. The first-order valence-corrected chi connectivity index (χ1v) is 8.87. The third-order valence-corrected chi connectivity index (χ3v) is 4.46. The van der Waals surface area contributed by atoms with Crippen molar-refractivity contribution in [2.75, 3.05) is 0 Å². The maximum absolute atomic E-state index is 10.9. The monoisotopic (exact) mass is 362 g/mol. The minimum Gasteiger partial charge on any atom is -0.481 e. The summed E-state index contributed by atoms with van der Waals surface area (Å²) in [6.07, 6.45) is -1.40. The fourth-order valence-electron chi connectivity index (χ4n) is 3.23. The van der Waals surface area contributed by atoms with Gasteiger partial charge < -0.3 is 14.9 Å². The molecule has 1 atom stereocenters. The third kappa shape index (κ3) is 4.25. The number of carboxylic acids is 1. The Bertz CT molecular complexity index is 751. The molecule has 4 heteroatoms. The number of aliphatic hydroxyl groups is 1. The summed E-state index contributed by atoms with van der Waals surface area (Å²) >= 11 is 0. The molecule has 0 spiro atoms. The van der Waals surface area contributed by atoms with Crippen molar-refractivity contribution in [2.24, 2.45) is 0 Å². The van der Waals surface area contributed by atoms with Crippen LogP contribution in [0.2, 0.25) is 0 Å². The van der Waals surface area contributed by atoms with Crippen molar-refractivity contribution in [1.29, 1.82) is 0 Å².